The highest BCUT2D eigenvalue weighted by atomic mass is 19.4. The van der Waals surface area contributed by atoms with Gasteiger partial charge in [0, 0.05) is 26.2 Å². The summed E-state index contributed by atoms with van der Waals surface area (Å²) in [5.41, 5.74) is -0.201. The van der Waals surface area contributed by atoms with Gasteiger partial charge in [-0.3, -0.25) is 9.59 Å². The van der Waals surface area contributed by atoms with Crippen LogP contribution < -0.4 is 11.1 Å². The van der Waals surface area contributed by atoms with E-state index in [4.69, 9.17) is 10.8 Å². The Kier molecular flexibility index (Phi) is 6.37. The van der Waals surface area contributed by atoms with Gasteiger partial charge in [-0.1, -0.05) is 0 Å². The Morgan fingerprint density at radius 3 is 1.97 bits per heavy atom. The number of nitrogens with one attached hydrogen (secondary N) is 1. The Labute approximate surface area is 165 Å². The summed E-state index contributed by atoms with van der Waals surface area (Å²) < 4.78 is 77.8. The van der Waals surface area contributed by atoms with Crippen LogP contribution in [0.3, 0.4) is 0 Å². The zero-order valence-electron chi connectivity index (χ0n) is 15.1. The average Bonchev–Trinajstić information content (AvgIpc) is 2.61. The number of halogens is 6. The molecule has 0 radical (unpaired) electrons. The van der Waals surface area contributed by atoms with E-state index >= 15 is 0 Å². The van der Waals surface area contributed by atoms with Crippen molar-refractivity contribution in [3.63, 3.8) is 0 Å². The van der Waals surface area contributed by atoms with Crippen molar-refractivity contribution in [2.24, 2.45) is 0 Å². The first-order valence-corrected chi connectivity index (χ1v) is 8.33. The Morgan fingerprint density at radius 1 is 0.967 bits per heavy atom. The van der Waals surface area contributed by atoms with Gasteiger partial charge in [-0.15, -0.1) is 0 Å². The molecule has 0 unspecified atom stereocenters. The molecule has 0 spiro atoms. The summed E-state index contributed by atoms with van der Waals surface area (Å²) in [4.78, 5) is 37.2. The van der Waals surface area contributed by atoms with Crippen molar-refractivity contribution >= 4 is 29.3 Å². The van der Waals surface area contributed by atoms with Crippen LogP contribution in [0.5, 0.6) is 0 Å². The predicted molar refractivity (Wildman–Crippen MR) is 90.3 cm³/mol. The SMILES string of the molecule is Nc1c(NC(=O)CC(=O)N2CCN(C(=O)O)CC2)cc(C(F)(F)F)cc1C(F)(F)F. The first kappa shape index (κ1) is 23.1. The summed E-state index contributed by atoms with van der Waals surface area (Å²) in [7, 11) is 0. The molecule has 0 aliphatic carbocycles. The standard InChI is InChI=1S/C16H16F6N4O4/c17-15(18,19)8-5-9(16(20,21)22)13(23)10(6-8)24-11(27)7-12(28)25-1-3-26(4-2-25)14(29)30/h5-6H,1-4,7,23H2,(H,24,27)(H,29,30). The van der Waals surface area contributed by atoms with Crippen LogP contribution >= 0.6 is 0 Å². The number of carbonyl (C=O) groups is 3. The topological polar surface area (TPSA) is 116 Å². The minimum atomic E-state index is -5.20. The summed E-state index contributed by atoms with van der Waals surface area (Å²) in [6.07, 6.45) is -12.4. The molecule has 2 rings (SSSR count). The highest BCUT2D eigenvalue weighted by Gasteiger charge is 2.39. The summed E-state index contributed by atoms with van der Waals surface area (Å²) in [6.45, 7) is -0.0267. The fourth-order valence-electron chi connectivity index (χ4n) is 2.75. The van der Waals surface area contributed by atoms with E-state index in [0.717, 1.165) is 9.80 Å². The second-order valence-corrected chi connectivity index (χ2v) is 6.36. The van der Waals surface area contributed by atoms with Gasteiger partial charge in [0.25, 0.3) is 0 Å². The molecule has 1 heterocycles. The molecule has 1 aliphatic heterocycles. The van der Waals surface area contributed by atoms with Gasteiger partial charge >= 0.3 is 18.4 Å². The second kappa shape index (κ2) is 8.28. The number of nitrogen functional groups attached to an aromatic ring is 1. The first-order valence-electron chi connectivity index (χ1n) is 8.33. The normalized spacial score (nSPS) is 15.1. The molecule has 0 bridgehead atoms. The average molecular weight is 442 g/mol. The monoisotopic (exact) mass is 442 g/mol. The Balaban J connectivity index is 2.14. The molecular formula is C16H16F6N4O4. The van der Waals surface area contributed by atoms with Crippen LogP contribution in [0.1, 0.15) is 17.5 Å². The van der Waals surface area contributed by atoms with Crippen LogP contribution in [0, 0.1) is 0 Å². The highest BCUT2D eigenvalue weighted by molar-refractivity contribution is 6.05. The number of piperazine rings is 1. The van der Waals surface area contributed by atoms with Crippen LogP contribution in [-0.4, -0.2) is 59.0 Å². The number of amides is 3. The minimum absolute atomic E-state index is 0.00177. The van der Waals surface area contributed by atoms with E-state index in [1.807, 2.05) is 5.32 Å². The molecule has 0 aromatic heterocycles. The fraction of sp³-hybridized carbons (Fsp3) is 0.438. The lowest BCUT2D eigenvalue weighted by atomic mass is 10.1. The number of hydrogen-bond acceptors (Lipinski definition) is 4. The van der Waals surface area contributed by atoms with Crippen molar-refractivity contribution in [1.82, 2.24) is 9.80 Å². The predicted octanol–water partition coefficient (Wildman–Crippen LogP) is 2.46. The molecule has 8 nitrogen and oxygen atoms in total. The number of anilines is 2. The lowest BCUT2D eigenvalue weighted by molar-refractivity contribution is -0.143. The Bertz CT molecular complexity index is 847. The molecule has 166 valence electrons. The molecule has 1 aromatic rings. The van der Waals surface area contributed by atoms with Crippen LogP contribution in [0.15, 0.2) is 12.1 Å². The lowest BCUT2D eigenvalue weighted by Gasteiger charge is -2.33. The van der Waals surface area contributed by atoms with E-state index in [1.165, 1.54) is 0 Å². The maximum absolute atomic E-state index is 13.0. The molecular weight excluding hydrogens is 426 g/mol. The van der Waals surface area contributed by atoms with Crippen molar-refractivity contribution in [2.45, 2.75) is 18.8 Å². The van der Waals surface area contributed by atoms with E-state index in [2.05, 4.69) is 0 Å². The van der Waals surface area contributed by atoms with E-state index in [9.17, 15) is 40.7 Å². The van der Waals surface area contributed by atoms with Crippen LogP contribution in [0.25, 0.3) is 0 Å². The summed E-state index contributed by atoms with van der Waals surface area (Å²) >= 11 is 0. The van der Waals surface area contributed by atoms with Crippen LogP contribution in [0.2, 0.25) is 0 Å². The van der Waals surface area contributed by atoms with Crippen molar-refractivity contribution < 1.29 is 45.8 Å². The Morgan fingerprint density at radius 2 is 1.50 bits per heavy atom. The molecule has 30 heavy (non-hydrogen) atoms. The number of alkyl halides is 6. The van der Waals surface area contributed by atoms with Gasteiger partial charge in [0.05, 0.1) is 22.5 Å². The van der Waals surface area contributed by atoms with Crippen molar-refractivity contribution in [1.29, 1.82) is 0 Å². The van der Waals surface area contributed by atoms with Gasteiger partial charge in [0.15, 0.2) is 0 Å². The van der Waals surface area contributed by atoms with E-state index in [-0.39, 0.29) is 38.3 Å². The summed E-state index contributed by atoms with van der Waals surface area (Å²) in [6, 6.07) is 0.0800. The molecule has 1 aromatic carbocycles. The quantitative estimate of drug-likeness (QED) is 0.378. The van der Waals surface area contributed by atoms with Crippen LogP contribution in [-0.2, 0) is 21.9 Å². The van der Waals surface area contributed by atoms with Crippen molar-refractivity contribution in [3.05, 3.63) is 23.3 Å². The molecule has 1 fully saturated rings. The highest BCUT2D eigenvalue weighted by Crippen LogP contribution is 2.42. The lowest BCUT2D eigenvalue weighted by Crippen LogP contribution is -2.50. The maximum Gasteiger partial charge on any atom is 0.418 e. The number of carbonyl (C=O) groups excluding carboxylic acids is 2. The molecule has 4 N–H and O–H groups in total. The summed E-state index contributed by atoms with van der Waals surface area (Å²) in [5.74, 6) is -1.93. The number of carboxylic acid groups (broad SMARTS) is 1. The minimum Gasteiger partial charge on any atom is -0.465 e. The third-order valence-electron chi connectivity index (χ3n) is 4.30. The van der Waals surface area contributed by atoms with Crippen molar-refractivity contribution in [3.8, 4) is 0 Å². The largest absolute Gasteiger partial charge is 0.465 e. The van der Waals surface area contributed by atoms with Crippen molar-refractivity contribution in [2.75, 3.05) is 37.2 Å². The fourth-order valence-corrected chi connectivity index (χ4v) is 2.75. The zero-order valence-corrected chi connectivity index (χ0v) is 15.1. The number of nitrogens with zero attached hydrogens (tertiary/aromatic N) is 2. The number of rotatable bonds is 3. The first-order chi connectivity index (χ1) is 13.7. The van der Waals surface area contributed by atoms with E-state index in [0.29, 0.717) is 0 Å². The Hall–Kier alpha value is -3.19. The van der Waals surface area contributed by atoms with Gasteiger partial charge in [0.2, 0.25) is 11.8 Å². The molecule has 14 heteroatoms. The van der Waals surface area contributed by atoms with Gasteiger partial charge in [-0.05, 0) is 12.1 Å². The maximum atomic E-state index is 13.0. The molecule has 3 amide bonds. The smallest absolute Gasteiger partial charge is 0.418 e. The molecule has 0 atom stereocenters. The molecule has 0 saturated carbocycles. The second-order valence-electron chi connectivity index (χ2n) is 6.36. The van der Waals surface area contributed by atoms with E-state index in [1.54, 1.807) is 0 Å². The van der Waals surface area contributed by atoms with E-state index < -0.39 is 59.2 Å². The third-order valence-corrected chi connectivity index (χ3v) is 4.30. The van der Waals surface area contributed by atoms with Gasteiger partial charge in [-0.25, -0.2) is 4.79 Å². The summed E-state index contributed by atoms with van der Waals surface area (Å²) in [5, 5.41) is 10.7. The molecule has 1 aliphatic rings. The van der Waals surface area contributed by atoms with Gasteiger partial charge < -0.3 is 26.0 Å². The molecule has 1 saturated heterocycles. The van der Waals surface area contributed by atoms with Gasteiger partial charge in [-0.2, -0.15) is 26.3 Å². The van der Waals surface area contributed by atoms with Crippen LogP contribution in [0.4, 0.5) is 42.5 Å². The van der Waals surface area contributed by atoms with Gasteiger partial charge in [0.1, 0.15) is 6.42 Å². The number of hydrogen-bond donors (Lipinski definition) is 3. The zero-order chi connectivity index (χ0) is 22.9. The number of benzene rings is 1. The number of nitrogens with two attached hydrogens (primary N) is 1. The third kappa shape index (κ3) is 5.45.